The summed E-state index contributed by atoms with van der Waals surface area (Å²) >= 11 is 0.845. The Balaban J connectivity index is 1.59. The van der Waals surface area contributed by atoms with Crippen molar-refractivity contribution in [3.63, 3.8) is 0 Å². The Morgan fingerprint density at radius 2 is 1.87 bits per heavy atom. The van der Waals surface area contributed by atoms with Crippen LogP contribution in [0.2, 0.25) is 0 Å². The van der Waals surface area contributed by atoms with Crippen LogP contribution in [-0.4, -0.2) is 66.9 Å². The van der Waals surface area contributed by atoms with Crippen LogP contribution in [0.25, 0.3) is 0 Å². The van der Waals surface area contributed by atoms with Gasteiger partial charge in [-0.05, 0) is 42.4 Å². The fourth-order valence-corrected chi connectivity index (χ4v) is 4.73. The number of nitrogens with zero attached hydrogens (tertiary/aromatic N) is 3. The first kappa shape index (κ1) is 21.0. The molecule has 0 bridgehead atoms. The second-order valence-electron chi connectivity index (χ2n) is 7.05. The zero-order chi connectivity index (χ0) is 22.2. The minimum absolute atomic E-state index is 0.0151. The van der Waals surface area contributed by atoms with Gasteiger partial charge >= 0.3 is 12.1 Å². The summed E-state index contributed by atoms with van der Waals surface area (Å²) in [6.07, 6.45) is -1.25. The second-order valence-corrected chi connectivity index (χ2v) is 8.08. The van der Waals surface area contributed by atoms with Crippen LogP contribution in [0.4, 0.5) is 15.5 Å². The fraction of sp³-hybridized carbons (Fsp3) is 0.300. The predicted molar refractivity (Wildman–Crippen MR) is 115 cm³/mol. The van der Waals surface area contributed by atoms with Crippen LogP contribution in [-0.2, 0) is 4.74 Å². The van der Waals surface area contributed by atoms with Crippen molar-refractivity contribution in [3.05, 3.63) is 46.3 Å². The van der Waals surface area contributed by atoms with Crippen molar-refractivity contribution in [3.8, 4) is 0 Å². The first-order chi connectivity index (χ1) is 14.9. The fourth-order valence-electron chi connectivity index (χ4n) is 3.60. The van der Waals surface area contributed by atoms with E-state index in [4.69, 9.17) is 4.74 Å². The van der Waals surface area contributed by atoms with Gasteiger partial charge in [-0.1, -0.05) is 15.9 Å². The smallest absolute Gasteiger partial charge is 0.477 e. The molecule has 4 rings (SSSR count). The van der Waals surface area contributed by atoms with Crippen molar-refractivity contribution in [1.29, 1.82) is 0 Å². The number of carboxylic acid groups (broad SMARTS) is 2. The van der Waals surface area contributed by atoms with Gasteiger partial charge in [0, 0.05) is 24.3 Å². The lowest BCUT2D eigenvalue weighted by atomic mass is 10.1. The summed E-state index contributed by atoms with van der Waals surface area (Å²) in [5.74, 6) is -1.57. The second kappa shape index (κ2) is 8.10. The van der Waals surface area contributed by atoms with Crippen LogP contribution in [0.3, 0.4) is 0 Å². The summed E-state index contributed by atoms with van der Waals surface area (Å²) in [6, 6.07) is 8.41. The molecule has 0 spiro atoms. The number of fused-ring (bicyclic) bond motifs is 1. The zero-order valence-corrected chi connectivity index (χ0v) is 17.5. The summed E-state index contributed by atoms with van der Waals surface area (Å²) in [7, 11) is 0. The standard InChI is InChI=1S/C20H20N4O6S/c1-2-24(20(28)29)18-14(11-15(31-18)19(26)27)16(22-24)21-17(25)12-3-5-13(6-4-12)23-7-9-30-10-8-23/h3-6,11H,2,7-10H2,1H3,(H2-,21,22,25,26,27,28,29)/p+1. The molecule has 1 fully saturated rings. The molecule has 1 unspecified atom stereocenters. The summed E-state index contributed by atoms with van der Waals surface area (Å²) in [5, 5.41) is 26.3. The maximum atomic E-state index is 12.8. The number of anilines is 1. The minimum Gasteiger partial charge on any atom is -0.477 e. The van der Waals surface area contributed by atoms with Gasteiger partial charge in [0.2, 0.25) is 10.8 Å². The Kier molecular flexibility index (Phi) is 5.48. The SMILES string of the molecule is CC[N+]1(C(=O)O)N=C(NC(=O)c2ccc(N3CCOCC3)cc2)c2cc(C(=O)O)sc21. The normalized spacial score (nSPS) is 20.2. The maximum absolute atomic E-state index is 12.8. The molecule has 1 aromatic heterocycles. The molecule has 0 radical (unpaired) electrons. The molecule has 2 aromatic rings. The number of aromatic carboxylic acids is 1. The van der Waals surface area contributed by atoms with Gasteiger partial charge in [-0.3, -0.25) is 4.79 Å². The topological polar surface area (TPSA) is 129 Å². The molecule has 2 aliphatic rings. The number of rotatable bonds is 4. The molecule has 1 aromatic carbocycles. The quantitative estimate of drug-likeness (QED) is 0.617. The summed E-state index contributed by atoms with van der Waals surface area (Å²) in [6.45, 7) is 4.57. The van der Waals surface area contributed by atoms with Gasteiger partial charge in [0.1, 0.15) is 11.4 Å². The van der Waals surface area contributed by atoms with Crippen LogP contribution in [0, 0.1) is 0 Å². The lowest BCUT2D eigenvalue weighted by molar-refractivity contribution is 0.0701. The van der Waals surface area contributed by atoms with Crippen molar-refractivity contribution in [2.75, 3.05) is 37.7 Å². The first-order valence-electron chi connectivity index (χ1n) is 9.69. The molecule has 1 saturated heterocycles. The Morgan fingerprint density at radius 1 is 1.19 bits per heavy atom. The van der Waals surface area contributed by atoms with E-state index in [2.05, 4.69) is 15.3 Å². The molecule has 10 nitrogen and oxygen atoms in total. The van der Waals surface area contributed by atoms with Gasteiger partial charge in [0.05, 0.1) is 18.8 Å². The number of nitrogens with one attached hydrogen (secondary N) is 1. The number of hydrogen-bond donors (Lipinski definition) is 3. The van der Waals surface area contributed by atoms with Gasteiger partial charge in [0.15, 0.2) is 0 Å². The third kappa shape index (κ3) is 3.67. The predicted octanol–water partition coefficient (Wildman–Crippen LogP) is 2.39. The van der Waals surface area contributed by atoms with Gasteiger partial charge in [0.25, 0.3) is 5.91 Å². The highest BCUT2D eigenvalue weighted by Crippen LogP contribution is 2.42. The average Bonchev–Trinajstić information content (AvgIpc) is 3.34. The highest BCUT2D eigenvalue weighted by atomic mass is 32.1. The number of amides is 2. The van der Waals surface area contributed by atoms with Crippen LogP contribution >= 0.6 is 11.3 Å². The van der Waals surface area contributed by atoms with Gasteiger partial charge in [-0.15, -0.1) is 0 Å². The minimum atomic E-state index is -1.25. The van der Waals surface area contributed by atoms with Gasteiger partial charge in [-0.25, -0.2) is 4.79 Å². The molecule has 3 heterocycles. The van der Waals surface area contributed by atoms with E-state index >= 15 is 0 Å². The van der Waals surface area contributed by atoms with E-state index < -0.39 is 22.6 Å². The molecule has 162 valence electrons. The lowest BCUT2D eigenvalue weighted by Crippen LogP contribution is -2.47. The number of morpholine rings is 1. The van der Waals surface area contributed by atoms with Crippen molar-refractivity contribution in [1.82, 2.24) is 9.91 Å². The number of benzene rings is 1. The van der Waals surface area contributed by atoms with Crippen molar-refractivity contribution >= 4 is 45.8 Å². The molecule has 1 atom stereocenters. The van der Waals surface area contributed by atoms with Gasteiger partial charge in [-0.2, -0.15) is 4.79 Å². The van der Waals surface area contributed by atoms with Crippen LogP contribution in [0.5, 0.6) is 0 Å². The highest BCUT2D eigenvalue weighted by Gasteiger charge is 2.50. The highest BCUT2D eigenvalue weighted by molar-refractivity contribution is 7.18. The lowest BCUT2D eigenvalue weighted by Gasteiger charge is -2.28. The third-order valence-corrected chi connectivity index (χ3v) is 6.52. The van der Waals surface area contributed by atoms with E-state index in [9.17, 15) is 24.6 Å². The maximum Gasteiger partial charge on any atom is 0.547 e. The number of carboxylic acids is 1. The zero-order valence-electron chi connectivity index (χ0n) is 16.7. The van der Waals surface area contributed by atoms with Gasteiger partial charge < -0.3 is 25.2 Å². The van der Waals surface area contributed by atoms with E-state index in [1.807, 2.05) is 12.1 Å². The van der Waals surface area contributed by atoms with Crippen LogP contribution < -0.4 is 14.8 Å². The Hall–Kier alpha value is -3.28. The summed E-state index contributed by atoms with van der Waals surface area (Å²) in [5.41, 5.74) is 1.67. The number of ether oxygens (including phenoxy) is 1. The number of quaternary nitrogens is 1. The van der Waals surface area contributed by atoms with E-state index in [1.54, 1.807) is 19.1 Å². The number of carbonyl (C=O) groups is 3. The molecule has 2 aliphatic heterocycles. The van der Waals surface area contributed by atoms with E-state index in [0.717, 1.165) is 30.1 Å². The number of thiophene rings is 1. The molecule has 31 heavy (non-hydrogen) atoms. The molecular formula is C20H21N4O6S+. The Labute approximate surface area is 181 Å². The van der Waals surface area contributed by atoms with Crippen molar-refractivity contribution in [2.45, 2.75) is 6.92 Å². The van der Waals surface area contributed by atoms with E-state index in [-0.39, 0.29) is 22.3 Å². The van der Waals surface area contributed by atoms with E-state index in [0.29, 0.717) is 24.3 Å². The average molecular weight is 445 g/mol. The van der Waals surface area contributed by atoms with E-state index in [1.165, 1.54) is 6.07 Å². The summed E-state index contributed by atoms with van der Waals surface area (Å²) in [4.78, 5) is 38.4. The van der Waals surface area contributed by atoms with Crippen molar-refractivity contribution in [2.24, 2.45) is 5.10 Å². The largest absolute Gasteiger partial charge is 0.547 e. The monoisotopic (exact) mass is 445 g/mol. The molecule has 0 aliphatic carbocycles. The molecular weight excluding hydrogens is 424 g/mol. The van der Waals surface area contributed by atoms with Crippen LogP contribution in [0.1, 0.15) is 32.5 Å². The first-order valence-corrected chi connectivity index (χ1v) is 10.5. The molecule has 3 N–H and O–H groups in total. The number of carbonyl (C=O) groups excluding carboxylic acids is 1. The molecule has 11 heteroatoms. The summed E-state index contributed by atoms with van der Waals surface area (Å²) < 4.78 is 4.54. The third-order valence-electron chi connectivity index (χ3n) is 5.30. The Morgan fingerprint density at radius 3 is 2.45 bits per heavy atom. The Bertz CT molecular complexity index is 1070. The van der Waals surface area contributed by atoms with Crippen molar-refractivity contribution < 1.29 is 29.3 Å². The molecule has 2 amide bonds. The number of amidine groups is 1. The number of hydrogen-bond acceptors (Lipinski definition) is 7. The molecule has 0 saturated carbocycles. The van der Waals surface area contributed by atoms with Crippen LogP contribution in [0.15, 0.2) is 35.4 Å².